The molecule has 0 aliphatic rings. The molecule has 16 heavy (non-hydrogen) atoms. The van der Waals surface area contributed by atoms with Crippen LogP contribution in [0.15, 0.2) is 36.4 Å². The molecule has 0 aliphatic heterocycles. The number of phenolic OH excluding ortho intramolecular Hbond substituents is 1. The van der Waals surface area contributed by atoms with Gasteiger partial charge in [0.2, 0.25) is 0 Å². The van der Waals surface area contributed by atoms with Gasteiger partial charge in [-0.1, -0.05) is 30.3 Å². The molecule has 0 aliphatic carbocycles. The zero-order valence-electron chi connectivity index (χ0n) is 7.95. The molecule has 0 radical (unpaired) electrons. The van der Waals surface area contributed by atoms with E-state index in [4.69, 9.17) is 0 Å². The van der Waals surface area contributed by atoms with Crippen molar-refractivity contribution >= 4 is 10.8 Å². The SMILES string of the molecule is Oc1ccc2ccccc2c1OC(F)(F)F. The summed E-state index contributed by atoms with van der Waals surface area (Å²) in [5.74, 6) is -1.10. The molecule has 0 spiro atoms. The summed E-state index contributed by atoms with van der Waals surface area (Å²) in [6.07, 6.45) is -4.82. The Morgan fingerprint density at radius 1 is 1.00 bits per heavy atom. The van der Waals surface area contributed by atoms with E-state index in [2.05, 4.69) is 4.74 Å². The second-order valence-corrected chi connectivity index (χ2v) is 3.18. The summed E-state index contributed by atoms with van der Waals surface area (Å²) < 4.78 is 40.1. The number of ether oxygens (including phenoxy) is 1. The molecule has 0 atom stereocenters. The van der Waals surface area contributed by atoms with Gasteiger partial charge >= 0.3 is 6.36 Å². The zero-order chi connectivity index (χ0) is 11.8. The zero-order valence-corrected chi connectivity index (χ0v) is 7.95. The monoisotopic (exact) mass is 228 g/mol. The Hall–Kier alpha value is -1.91. The molecule has 0 fully saturated rings. The molecule has 0 heterocycles. The van der Waals surface area contributed by atoms with Crippen LogP contribution in [0.3, 0.4) is 0 Å². The minimum Gasteiger partial charge on any atom is -0.504 e. The number of fused-ring (bicyclic) bond motifs is 1. The van der Waals surface area contributed by atoms with Gasteiger partial charge in [0.1, 0.15) is 0 Å². The molecule has 2 aromatic carbocycles. The highest BCUT2D eigenvalue weighted by atomic mass is 19.4. The molecule has 0 saturated carbocycles. The molecular weight excluding hydrogens is 221 g/mol. The van der Waals surface area contributed by atoms with E-state index in [1.807, 2.05) is 0 Å². The van der Waals surface area contributed by atoms with Gasteiger partial charge in [-0.3, -0.25) is 0 Å². The van der Waals surface area contributed by atoms with E-state index in [1.165, 1.54) is 18.2 Å². The Morgan fingerprint density at radius 3 is 2.38 bits per heavy atom. The highest BCUT2D eigenvalue weighted by Gasteiger charge is 2.33. The van der Waals surface area contributed by atoms with Crippen molar-refractivity contribution in [1.82, 2.24) is 0 Å². The van der Waals surface area contributed by atoms with E-state index in [0.717, 1.165) is 0 Å². The summed E-state index contributed by atoms with van der Waals surface area (Å²) >= 11 is 0. The van der Waals surface area contributed by atoms with Crippen LogP contribution in [0.2, 0.25) is 0 Å². The number of rotatable bonds is 1. The molecular formula is C11H7F3O2. The highest BCUT2D eigenvalue weighted by molar-refractivity contribution is 5.90. The number of hydrogen-bond acceptors (Lipinski definition) is 2. The normalized spacial score (nSPS) is 11.7. The average molecular weight is 228 g/mol. The van der Waals surface area contributed by atoms with Crippen LogP contribution in [0.5, 0.6) is 11.5 Å². The van der Waals surface area contributed by atoms with E-state index >= 15 is 0 Å². The number of aromatic hydroxyl groups is 1. The Labute approximate surface area is 88.9 Å². The van der Waals surface area contributed by atoms with Crippen LogP contribution in [0, 0.1) is 0 Å². The van der Waals surface area contributed by atoms with E-state index in [0.29, 0.717) is 5.39 Å². The lowest BCUT2D eigenvalue weighted by Gasteiger charge is -2.12. The van der Waals surface area contributed by atoms with Crippen LogP contribution < -0.4 is 4.74 Å². The Balaban J connectivity index is 2.62. The van der Waals surface area contributed by atoms with Crippen molar-refractivity contribution < 1.29 is 23.0 Å². The maximum Gasteiger partial charge on any atom is 0.573 e. The first-order valence-corrected chi connectivity index (χ1v) is 4.44. The average Bonchev–Trinajstić information content (AvgIpc) is 2.21. The molecule has 0 bridgehead atoms. The molecule has 0 amide bonds. The quantitative estimate of drug-likeness (QED) is 0.810. The summed E-state index contributed by atoms with van der Waals surface area (Å²) in [7, 11) is 0. The predicted octanol–water partition coefficient (Wildman–Crippen LogP) is 3.44. The topological polar surface area (TPSA) is 29.5 Å². The fraction of sp³-hybridized carbons (Fsp3) is 0.0909. The molecule has 2 aromatic rings. The predicted molar refractivity (Wildman–Crippen MR) is 52.3 cm³/mol. The van der Waals surface area contributed by atoms with Crippen molar-refractivity contribution in [2.45, 2.75) is 6.36 Å². The molecule has 0 aromatic heterocycles. The summed E-state index contributed by atoms with van der Waals surface area (Å²) in [4.78, 5) is 0. The fourth-order valence-corrected chi connectivity index (χ4v) is 1.45. The van der Waals surface area contributed by atoms with Crippen molar-refractivity contribution in [2.75, 3.05) is 0 Å². The third-order valence-electron chi connectivity index (χ3n) is 2.08. The number of benzene rings is 2. The first kappa shape index (κ1) is 10.6. The van der Waals surface area contributed by atoms with E-state index in [1.54, 1.807) is 18.2 Å². The van der Waals surface area contributed by atoms with Gasteiger partial charge in [0.15, 0.2) is 11.5 Å². The van der Waals surface area contributed by atoms with Gasteiger partial charge in [-0.25, -0.2) is 0 Å². The Morgan fingerprint density at radius 2 is 1.69 bits per heavy atom. The van der Waals surface area contributed by atoms with Gasteiger partial charge in [0, 0.05) is 5.39 Å². The van der Waals surface area contributed by atoms with Crippen molar-refractivity contribution in [3.05, 3.63) is 36.4 Å². The molecule has 84 valence electrons. The lowest BCUT2D eigenvalue weighted by molar-refractivity contribution is -0.274. The van der Waals surface area contributed by atoms with Crippen molar-refractivity contribution in [3.63, 3.8) is 0 Å². The molecule has 1 N–H and O–H groups in total. The van der Waals surface area contributed by atoms with Crippen LogP contribution in [0.1, 0.15) is 0 Å². The first-order valence-electron chi connectivity index (χ1n) is 4.44. The lowest BCUT2D eigenvalue weighted by Crippen LogP contribution is -2.17. The van der Waals surface area contributed by atoms with Crippen molar-refractivity contribution in [3.8, 4) is 11.5 Å². The van der Waals surface area contributed by atoms with Gasteiger partial charge in [0.05, 0.1) is 0 Å². The van der Waals surface area contributed by atoms with Gasteiger partial charge < -0.3 is 9.84 Å². The molecule has 0 saturated heterocycles. The summed E-state index contributed by atoms with van der Waals surface area (Å²) in [5, 5.41) is 10.1. The minimum atomic E-state index is -4.82. The first-order chi connectivity index (χ1) is 7.47. The number of hydrogen-bond donors (Lipinski definition) is 1. The Kier molecular flexibility index (Phi) is 2.38. The van der Waals surface area contributed by atoms with Crippen molar-refractivity contribution in [1.29, 1.82) is 0 Å². The van der Waals surface area contributed by atoms with Gasteiger partial charge in [-0.05, 0) is 11.5 Å². The summed E-state index contributed by atoms with van der Waals surface area (Å²) in [5.41, 5.74) is 0. The van der Waals surface area contributed by atoms with Crippen LogP contribution >= 0.6 is 0 Å². The van der Waals surface area contributed by atoms with Crippen LogP contribution in [0.4, 0.5) is 13.2 Å². The van der Waals surface area contributed by atoms with Gasteiger partial charge in [0.25, 0.3) is 0 Å². The van der Waals surface area contributed by atoms with E-state index < -0.39 is 17.9 Å². The van der Waals surface area contributed by atoms with Crippen LogP contribution in [-0.4, -0.2) is 11.5 Å². The van der Waals surface area contributed by atoms with E-state index in [9.17, 15) is 18.3 Å². The Bertz CT molecular complexity index is 520. The molecule has 2 rings (SSSR count). The molecule has 0 unspecified atom stereocenters. The fourth-order valence-electron chi connectivity index (χ4n) is 1.45. The number of phenols is 1. The molecule has 5 heteroatoms. The van der Waals surface area contributed by atoms with Crippen molar-refractivity contribution in [2.24, 2.45) is 0 Å². The molecule has 2 nitrogen and oxygen atoms in total. The maximum atomic E-state index is 12.1. The second kappa shape index (κ2) is 3.59. The third-order valence-corrected chi connectivity index (χ3v) is 2.08. The summed E-state index contributed by atoms with van der Waals surface area (Å²) in [6.45, 7) is 0. The second-order valence-electron chi connectivity index (χ2n) is 3.18. The minimum absolute atomic E-state index is 0.222. The van der Waals surface area contributed by atoms with Gasteiger partial charge in [-0.2, -0.15) is 0 Å². The smallest absolute Gasteiger partial charge is 0.504 e. The van der Waals surface area contributed by atoms with Crippen LogP contribution in [-0.2, 0) is 0 Å². The third kappa shape index (κ3) is 2.03. The summed E-state index contributed by atoms with van der Waals surface area (Å²) in [6, 6.07) is 9.05. The number of alkyl halides is 3. The van der Waals surface area contributed by atoms with Gasteiger partial charge in [-0.15, -0.1) is 13.2 Å². The standard InChI is InChI=1S/C11H7F3O2/c12-11(13,14)16-10-8-4-2-1-3-7(8)5-6-9(10)15/h1-6,15H. The highest BCUT2D eigenvalue weighted by Crippen LogP contribution is 2.37. The largest absolute Gasteiger partial charge is 0.573 e. The van der Waals surface area contributed by atoms with Crippen LogP contribution in [0.25, 0.3) is 10.8 Å². The van der Waals surface area contributed by atoms with E-state index in [-0.39, 0.29) is 5.39 Å². The lowest BCUT2D eigenvalue weighted by atomic mass is 10.1. The number of halogens is 3. The maximum absolute atomic E-state index is 12.1.